The Labute approximate surface area is 111 Å². The molecule has 0 aliphatic heterocycles. The Morgan fingerprint density at radius 3 is 2.47 bits per heavy atom. The molecule has 6 heteroatoms. The van der Waals surface area contributed by atoms with Crippen LogP contribution < -0.4 is 15.2 Å². The van der Waals surface area contributed by atoms with Crippen molar-refractivity contribution in [2.24, 2.45) is 5.73 Å². The zero-order valence-corrected chi connectivity index (χ0v) is 11.1. The van der Waals surface area contributed by atoms with Crippen molar-refractivity contribution in [1.29, 1.82) is 0 Å². The SMILES string of the molecule is COC(=O)C[C@@H](N)c1ccc(OC(C)=O)c(OC)c1. The number of rotatable bonds is 5. The van der Waals surface area contributed by atoms with Crippen LogP contribution in [0, 0.1) is 0 Å². The molecule has 0 radical (unpaired) electrons. The second-order valence-electron chi connectivity index (χ2n) is 3.89. The lowest BCUT2D eigenvalue weighted by Gasteiger charge is -2.14. The van der Waals surface area contributed by atoms with E-state index in [2.05, 4.69) is 4.74 Å². The molecular weight excluding hydrogens is 250 g/mol. The largest absolute Gasteiger partial charge is 0.493 e. The van der Waals surface area contributed by atoms with Crippen LogP contribution in [0.5, 0.6) is 11.5 Å². The molecule has 0 unspecified atom stereocenters. The molecule has 104 valence electrons. The van der Waals surface area contributed by atoms with Gasteiger partial charge in [-0.15, -0.1) is 0 Å². The molecule has 1 aromatic rings. The minimum Gasteiger partial charge on any atom is -0.493 e. The normalized spacial score (nSPS) is 11.6. The van der Waals surface area contributed by atoms with Crippen LogP contribution in [0.15, 0.2) is 18.2 Å². The molecule has 1 rings (SSSR count). The predicted molar refractivity (Wildman–Crippen MR) is 67.9 cm³/mol. The molecule has 0 saturated heterocycles. The average Bonchev–Trinajstić information content (AvgIpc) is 2.38. The Hall–Kier alpha value is -2.08. The monoisotopic (exact) mass is 267 g/mol. The third kappa shape index (κ3) is 4.26. The molecule has 0 saturated carbocycles. The van der Waals surface area contributed by atoms with E-state index in [0.717, 1.165) is 0 Å². The summed E-state index contributed by atoms with van der Waals surface area (Å²) in [5.74, 6) is -0.141. The van der Waals surface area contributed by atoms with Gasteiger partial charge in [0.25, 0.3) is 0 Å². The summed E-state index contributed by atoms with van der Waals surface area (Å²) < 4.78 is 14.7. The van der Waals surface area contributed by atoms with Gasteiger partial charge in [0.2, 0.25) is 0 Å². The first-order valence-corrected chi connectivity index (χ1v) is 5.66. The average molecular weight is 267 g/mol. The number of nitrogens with two attached hydrogens (primary N) is 1. The van der Waals surface area contributed by atoms with Gasteiger partial charge in [0.15, 0.2) is 11.5 Å². The van der Waals surface area contributed by atoms with Crippen LogP contribution in [0.1, 0.15) is 24.9 Å². The van der Waals surface area contributed by atoms with Gasteiger partial charge in [0.1, 0.15) is 0 Å². The van der Waals surface area contributed by atoms with Crippen molar-refractivity contribution < 1.29 is 23.8 Å². The van der Waals surface area contributed by atoms with E-state index in [0.29, 0.717) is 17.1 Å². The topological polar surface area (TPSA) is 87.9 Å². The van der Waals surface area contributed by atoms with Crippen molar-refractivity contribution in [3.63, 3.8) is 0 Å². The standard InChI is InChI=1S/C13H17NO5/c1-8(15)19-11-5-4-9(6-12(11)17-2)10(14)7-13(16)18-3/h4-6,10H,7,14H2,1-3H3/t10-/m1/s1. The molecule has 1 aromatic carbocycles. The van der Waals surface area contributed by atoms with Crippen molar-refractivity contribution in [1.82, 2.24) is 0 Å². The second kappa shape index (κ2) is 6.75. The van der Waals surface area contributed by atoms with E-state index in [1.54, 1.807) is 18.2 Å². The van der Waals surface area contributed by atoms with Crippen LogP contribution in [-0.2, 0) is 14.3 Å². The summed E-state index contributed by atoms with van der Waals surface area (Å²) in [4.78, 5) is 22.1. The quantitative estimate of drug-likeness (QED) is 0.636. The fraction of sp³-hybridized carbons (Fsp3) is 0.385. The molecule has 0 heterocycles. The summed E-state index contributed by atoms with van der Waals surface area (Å²) in [5, 5.41) is 0. The number of carbonyl (C=O) groups is 2. The van der Waals surface area contributed by atoms with Gasteiger partial charge in [0.05, 0.1) is 20.6 Å². The summed E-state index contributed by atoms with van der Waals surface area (Å²) >= 11 is 0. The second-order valence-corrected chi connectivity index (χ2v) is 3.89. The number of hydrogen-bond donors (Lipinski definition) is 1. The number of ether oxygens (including phenoxy) is 3. The third-order valence-electron chi connectivity index (χ3n) is 2.48. The van der Waals surface area contributed by atoms with Gasteiger partial charge in [-0.05, 0) is 17.7 Å². The minimum absolute atomic E-state index is 0.0621. The molecule has 0 amide bonds. The van der Waals surface area contributed by atoms with Crippen LogP contribution in [-0.4, -0.2) is 26.2 Å². The molecule has 6 nitrogen and oxygen atoms in total. The van der Waals surface area contributed by atoms with Crippen molar-refractivity contribution >= 4 is 11.9 Å². The van der Waals surface area contributed by atoms with E-state index in [1.807, 2.05) is 0 Å². The summed E-state index contributed by atoms with van der Waals surface area (Å²) in [5.41, 5.74) is 6.57. The van der Waals surface area contributed by atoms with E-state index < -0.39 is 18.0 Å². The number of carbonyl (C=O) groups excluding carboxylic acids is 2. The highest BCUT2D eigenvalue weighted by molar-refractivity contribution is 5.71. The maximum atomic E-state index is 11.2. The molecular formula is C13H17NO5. The van der Waals surface area contributed by atoms with Crippen molar-refractivity contribution in [2.75, 3.05) is 14.2 Å². The molecule has 0 aliphatic carbocycles. The summed E-state index contributed by atoms with van der Waals surface area (Å²) in [6.45, 7) is 1.30. The number of benzene rings is 1. The van der Waals surface area contributed by atoms with Crippen LogP contribution in [0.2, 0.25) is 0 Å². The highest BCUT2D eigenvalue weighted by Crippen LogP contribution is 2.30. The lowest BCUT2D eigenvalue weighted by molar-refractivity contribution is -0.141. The molecule has 2 N–H and O–H groups in total. The maximum absolute atomic E-state index is 11.2. The maximum Gasteiger partial charge on any atom is 0.308 e. The molecule has 19 heavy (non-hydrogen) atoms. The zero-order chi connectivity index (χ0) is 14.4. The molecule has 0 aromatic heterocycles. The highest BCUT2D eigenvalue weighted by Gasteiger charge is 2.15. The summed E-state index contributed by atoms with van der Waals surface area (Å²) in [6.07, 6.45) is 0.0621. The third-order valence-corrected chi connectivity index (χ3v) is 2.48. The Kier molecular flexibility index (Phi) is 5.32. The smallest absolute Gasteiger partial charge is 0.308 e. The molecule has 0 fully saturated rings. The highest BCUT2D eigenvalue weighted by atomic mass is 16.6. The van der Waals surface area contributed by atoms with Crippen LogP contribution in [0.3, 0.4) is 0 Å². The van der Waals surface area contributed by atoms with Crippen molar-refractivity contribution in [2.45, 2.75) is 19.4 Å². The summed E-state index contributed by atoms with van der Waals surface area (Å²) in [7, 11) is 2.76. The van der Waals surface area contributed by atoms with Crippen LogP contribution >= 0.6 is 0 Å². The van der Waals surface area contributed by atoms with Crippen LogP contribution in [0.4, 0.5) is 0 Å². The Bertz CT molecular complexity index is 472. The van der Waals surface area contributed by atoms with E-state index in [9.17, 15) is 9.59 Å². The number of methoxy groups -OCH3 is 2. The molecule has 0 aliphatic rings. The van der Waals surface area contributed by atoms with E-state index in [4.69, 9.17) is 15.2 Å². The first-order chi connectivity index (χ1) is 8.97. The first-order valence-electron chi connectivity index (χ1n) is 5.66. The zero-order valence-electron chi connectivity index (χ0n) is 11.1. The van der Waals surface area contributed by atoms with E-state index in [-0.39, 0.29) is 6.42 Å². The van der Waals surface area contributed by atoms with Crippen LogP contribution in [0.25, 0.3) is 0 Å². The van der Waals surface area contributed by atoms with Gasteiger partial charge in [-0.2, -0.15) is 0 Å². The van der Waals surface area contributed by atoms with Crippen molar-refractivity contribution in [3.05, 3.63) is 23.8 Å². The summed E-state index contributed by atoms with van der Waals surface area (Å²) in [6, 6.07) is 4.38. The fourth-order valence-electron chi connectivity index (χ4n) is 1.53. The lowest BCUT2D eigenvalue weighted by atomic mass is 10.0. The van der Waals surface area contributed by atoms with Gasteiger partial charge in [0, 0.05) is 13.0 Å². The molecule has 0 spiro atoms. The molecule has 0 bridgehead atoms. The van der Waals surface area contributed by atoms with Crippen molar-refractivity contribution in [3.8, 4) is 11.5 Å². The molecule has 1 atom stereocenters. The van der Waals surface area contributed by atoms with Gasteiger partial charge in [-0.3, -0.25) is 9.59 Å². The predicted octanol–water partition coefficient (Wildman–Crippen LogP) is 1.18. The first kappa shape index (κ1) is 15.0. The van der Waals surface area contributed by atoms with Gasteiger partial charge >= 0.3 is 11.9 Å². The Morgan fingerprint density at radius 2 is 1.95 bits per heavy atom. The number of hydrogen-bond acceptors (Lipinski definition) is 6. The fourth-order valence-corrected chi connectivity index (χ4v) is 1.53. The van der Waals surface area contributed by atoms with E-state index >= 15 is 0 Å². The van der Waals surface area contributed by atoms with E-state index in [1.165, 1.54) is 21.1 Å². The lowest BCUT2D eigenvalue weighted by Crippen LogP contribution is -2.16. The van der Waals surface area contributed by atoms with Gasteiger partial charge < -0.3 is 19.9 Å². The van der Waals surface area contributed by atoms with Gasteiger partial charge in [-0.25, -0.2) is 0 Å². The Balaban J connectivity index is 2.92. The Morgan fingerprint density at radius 1 is 1.26 bits per heavy atom. The van der Waals surface area contributed by atoms with Gasteiger partial charge in [-0.1, -0.05) is 6.07 Å². The number of esters is 2. The minimum atomic E-state index is -0.507.